The molecule has 0 heterocycles. The first-order valence-corrected chi connectivity index (χ1v) is 8.16. The molecule has 0 bridgehead atoms. The summed E-state index contributed by atoms with van der Waals surface area (Å²) in [5.41, 5.74) is 1.61. The van der Waals surface area contributed by atoms with Crippen molar-refractivity contribution in [2.75, 3.05) is 5.32 Å². The van der Waals surface area contributed by atoms with Crippen molar-refractivity contribution in [2.24, 2.45) is 0 Å². The molecule has 0 aliphatic carbocycles. The summed E-state index contributed by atoms with van der Waals surface area (Å²) in [5, 5.41) is 4.51. The minimum Gasteiger partial charge on any atom is -0.325 e. The van der Waals surface area contributed by atoms with E-state index in [9.17, 15) is 4.79 Å². The van der Waals surface area contributed by atoms with Gasteiger partial charge in [-0.05, 0) is 42.7 Å². The highest BCUT2D eigenvalue weighted by Crippen LogP contribution is 2.32. The molecular weight excluding hydrogens is 364 g/mol. The molecule has 2 aromatic rings. The third-order valence-electron chi connectivity index (χ3n) is 3.07. The average Bonchev–Trinajstić information content (AvgIpc) is 2.47. The van der Waals surface area contributed by atoms with Crippen LogP contribution in [-0.4, -0.2) is 5.91 Å². The number of hydrogen-bond donors (Lipinski definition) is 1. The van der Waals surface area contributed by atoms with Crippen molar-refractivity contribution < 1.29 is 4.79 Å². The van der Waals surface area contributed by atoms with Crippen LogP contribution in [0.1, 0.15) is 18.4 Å². The fourth-order valence-electron chi connectivity index (χ4n) is 1.94. The highest BCUT2D eigenvalue weighted by Gasteiger charge is 2.09. The minimum atomic E-state index is -0.116. The topological polar surface area (TPSA) is 29.1 Å². The Kier molecular flexibility index (Phi) is 6.39. The lowest BCUT2D eigenvalue weighted by Crippen LogP contribution is -2.12. The molecule has 0 spiro atoms. The van der Waals surface area contributed by atoms with E-state index in [-0.39, 0.29) is 5.91 Å². The Morgan fingerprint density at radius 1 is 0.909 bits per heavy atom. The van der Waals surface area contributed by atoms with E-state index in [4.69, 9.17) is 46.4 Å². The quantitative estimate of drug-likeness (QED) is 0.612. The van der Waals surface area contributed by atoms with Crippen LogP contribution in [0.2, 0.25) is 20.1 Å². The maximum atomic E-state index is 11.9. The molecule has 2 rings (SSSR count). The maximum absolute atomic E-state index is 11.9. The fraction of sp³-hybridized carbons (Fsp3) is 0.188. The molecule has 0 aliphatic rings. The monoisotopic (exact) mass is 375 g/mol. The Morgan fingerprint density at radius 2 is 1.55 bits per heavy atom. The summed E-state index contributed by atoms with van der Waals surface area (Å²) in [6.45, 7) is 0. The van der Waals surface area contributed by atoms with Crippen molar-refractivity contribution in [1.29, 1.82) is 0 Å². The number of carbonyl (C=O) groups is 1. The summed E-state index contributed by atoms with van der Waals surface area (Å²) in [6.07, 6.45) is 1.92. The van der Waals surface area contributed by atoms with Crippen molar-refractivity contribution in [3.63, 3.8) is 0 Å². The molecule has 1 amide bonds. The molecule has 0 aromatic heterocycles. The normalized spacial score (nSPS) is 10.5. The Labute approximate surface area is 149 Å². The van der Waals surface area contributed by atoms with Crippen LogP contribution in [0.5, 0.6) is 0 Å². The van der Waals surface area contributed by atoms with Crippen LogP contribution in [0.3, 0.4) is 0 Å². The van der Waals surface area contributed by atoms with Crippen molar-refractivity contribution in [1.82, 2.24) is 0 Å². The number of benzene rings is 2. The van der Waals surface area contributed by atoms with Gasteiger partial charge in [0, 0.05) is 11.4 Å². The van der Waals surface area contributed by atoms with Gasteiger partial charge in [0.05, 0.1) is 20.8 Å². The average molecular weight is 377 g/mol. The van der Waals surface area contributed by atoms with E-state index in [1.54, 1.807) is 6.07 Å². The number of aryl methyl sites for hydroxylation is 1. The molecule has 2 aromatic carbocycles. The number of amides is 1. The van der Waals surface area contributed by atoms with Crippen LogP contribution < -0.4 is 5.32 Å². The Bertz CT molecular complexity index is 671. The van der Waals surface area contributed by atoms with Crippen LogP contribution in [0.25, 0.3) is 0 Å². The Hall–Kier alpha value is -0.930. The molecule has 0 saturated carbocycles. The summed E-state index contributed by atoms with van der Waals surface area (Å²) in [4.78, 5) is 11.9. The third kappa shape index (κ3) is 5.06. The number of halogens is 4. The number of anilines is 1. The second kappa shape index (κ2) is 8.07. The first-order chi connectivity index (χ1) is 10.5. The zero-order valence-corrected chi connectivity index (χ0v) is 14.5. The van der Waals surface area contributed by atoms with E-state index in [2.05, 4.69) is 5.32 Å². The first kappa shape index (κ1) is 17.4. The predicted octanol–water partition coefficient (Wildman–Crippen LogP) is 6.26. The second-order valence-corrected chi connectivity index (χ2v) is 6.43. The van der Waals surface area contributed by atoms with Gasteiger partial charge < -0.3 is 5.32 Å². The molecule has 22 heavy (non-hydrogen) atoms. The highest BCUT2D eigenvalue weighted by molar-refractivity contribution is 6.44. The largest absolute Gasteiger partial charge is 0.325 e. The molecular formula is C16H13Cl4NO. The van der Waals surface area contributed by atoms with E-state index in [1.807, 2.05) is 24.3 Å². The Balaban J connectivity index is 1.85. The van der Waals surface area contributed by atoms with Gasteiger partial charge >= 0.3 is 0 Å². The van der Waals surface area contributed by atoms with Crippen LogP contribution in [0, 0.1) is 0 Å². The SMILES string of the molecule is O=C(CCCc1ccc(Cl)cc1)Nc1cc(Cl)c(Cl)cc1Cl. The van der Waals surface area contributed by atoms with Gasteiger partial charge in [0.25, 0.3) is 0 Å². The van der Waals surface area contributed by atoms with Gasteiger partial charge in [0.2, 0.25) is 5.91 Å². The lowest BCUT2D eigenvalue weighted by molar-refractivity contribution is -0.116. The molecule has 116 valence electrons. The predicted molar refractivity (Wildman–Crippen MR) is 94.5 cm³/mol. The molecule has 0 saturated heterocycles. The third-order valence-corrected chi connectivity index (χ3v) is 4.35. The van der Waals surface area contributed by atoms with Crippen molar-refractivity contribution in [3.05, 3.63) is 62.1 Å². The van der Waals surface area contributed by atoms with Crippen molar-refractivity contribution in [3.8, 4) is 0 Å². The van der Waals surface area contributed by atoms with Gasteiger partial charge in [-0.3, -0.25) is 4.79 Å². The summed E-state index contributed by atoms with van der Waals surface area (Å²) < 4.78 is 0. The molecule has 0 aliphatic heterocycles. The van der Waals surface area contributed by atoms with Gasteiger partial charge in [-0.2, -0.15) is 0 Å². The molecule has 0 atom stereocenters. The van der Waals surface area contributed by atoms with Gasteiger partial charge in [0.15, 0.2) is 0 Å². The molecule has 2 nitrogen and oxygen atoms in total. The molecule has 6 heteroatoms. The summed E-state index contributed by atoms with van der Waals surface area (Å²) in [7, 11) is 0. The molecule has 1 N–H and O–H groups in total. The molecule has 0 fully saturated rings. The van der Waals surface area contributed by atoms with Crippen LogP contribution >= 0.6 is 46.4 Å². The molecule has 0 unspecified atom stereocenters. The lowest BCUT2D eigenvalue weighted by Gasteiger charge is -2.09. The summed E-state index contributed by atoms with van der Waals surface area (Å²) >= 11 is 23.6. The second-order valence-electron chi connectivity index (χ2n) is 4.77. The highest BCUT2D eigenvalue weighted by atomic mass is 35.5. The Morgan fingerprint density at radius 3 is 2.23 bits per heavy atom. The van der Waals surface area contributed by atoms with E-state index in [1.165, 1.54) is 6.07 Å². The first-order valence-electron chi connectivity index (χ1n) is 6.64. The van der Waals surface area contributed by atoms with E-state index >= 15 is 0 Å². The number of nitrogens with one attached hydrogen (secondary N) is 1. The lowest BCUT2D eigenvalue weighted by atomic mass is 10.1. The number of rotatable bonds is 5. The maximum Gasteiger partial charge on any atom is 0.224 e. The van der Waals surface area contributed by atoms with Gasteiger partial charge in [0.1, 0.15) is 0 Å². The van der Waals surface area contributed by atoms with E-state index < -0.39 is 0 Å². The van der Waals surface area contributed by atoms with E-state index in [0.717, 1.165) is 18.4 Å². The molecule has 0 radical (unpaired) electrons. The standard InChI is InChI=1S/C16H13Cl4NO/c17-11-6-4-10(5-7-11)2-1-3-16(22)21-15-9-13(19)12(18)8-14(15)20/h4-9H,1-3H2,(H,21,22). The van der Waals surface area contributed by atoms with Crippen LogP contribution in [-0.2, 0) is 11.2 Å². The van der Waals surface area contributed by atoms with Gasteiger partial charge in [-0.1, -0.05) is 58.5 Å². The fourth-order valence-corrected chi connectivity index (χ4v) is 2.66. The van der Waals surface area contributed by atoms with E-state index in [0.29, 0.717) is 32.2 Å². The van der Waals surface area contributed by atoms with Gasteiger partial charge in [-0.15, -0.1) is 0 Å². The van der Waals surface area contributed by atoms with Crippen molar-refractivity contribution in [2.45, 2.75) is 19.3 Å². The van der Waals surface area contributed by atoms with Crippen molar-refractivity contribution >= 4 is 58.0 Å². The number of hydrogen-bond acceptors (Lipinski definition) is 1. The number of carbonyl (C=O) groups excluding carboxylic acids is 1. The van der Waals surface area contributed by atoms with Crippen LogP contribution in [0.4, 0.5) is 5.69 Å². The zero-order chi connectivity index (χ0) is 16.1. The smallest absolute Gasteiger partial charge is 0.224 e. The van der Waals surface area contributed by atoms with Gasteiger partial charge in [-0.25, -0.2) is 0 Å². The zero-order valence-electron chi connectivity index (χ0n) is 11.5. The summed E-state index contributed by atoms with van der Waals surface area (Å²) in [5.74, 6) is -0.116. The minimum absolute atomic E-state index is 0.116. The summed E-state index contributed by atoms with van der Waals surface area (Å²) in [6, 6.07) is 10.6. The van der Waals surface area contributed by atoms with Crippen LogP contribution in [0.15, 0.2) is 36.4 Å².